The van der Waals surface area contributed by atoms with Crippen molar-refractivity contribution in [1.29, 1.82) is 0 Å². The van der Waals surface area contributed by atoms with Crippen LogP contribution in [0.3, 0.4) is 0 Å². The molecular weight excluding hydrogens is 256 g/mol. The number of amides is 2. The van der Waals surface area contributed by atoms with Crippen LogP contribution >= 0.6 is 0 Å². The minimum absolute atomic E-state index is 0.0225. The Morgan fingerprint density at radius 3 is 1.95 bits per heavy atom. The zero-order valence-corrected chi connectivity index (χ0v) is 13.1. The van der Waals surface area contributed by atoms with Crippen LogP contribution < -0.4 is 0 Å². The molecule has 2 amide bonds. The molecule has 3 saturated heterocycles. The molecule has 3 aliphatic rings. The van der Waals surface area contributed by atoms with Gasteiger partial charge in [0.05, 0.1) is 57.3 Å². The lowest BCUT2D eigenvalue weighted by atomic mass is 9.59. The number of rotatable bonds is 3. The number of likely N-dealkylation sites (tertiary alicyclic amines) is 1. The first-order chi connectivity index (χ1) is 9.12. The van der Waals surface area contributed by atoms with Crippen LogP contribution in [0.15, 0.2) is 0 Å². The molecule has 3 heterocycles. The summed E-state index contributed by atoms with van der Waals surface area (Å²) >= 11 is 0. The summed E-state index contributed by atoms with van der Waals surface area (Å²) in [5.41, 5.74) is -1.31. The molecule has 20 heavy (non-hydrogen) atoms. The lowest BCUT2D eigenvalue weighted by Gasteiger charge is -2.36. The van der Waals surface area contributed by atoms with Crippen LogP contribution in [-0.2, 0) is 14.3 Å². The Hall–Kier alpha value is -0.940. The van der Waals surface area contributed by atoms with Crippen molar-refractivity contribution in [2.45, 2.75) is 38.9 Å². The minimum atomic E-state index is -0.655. The van der Waals surface area contributed by atoms with Gasteiger partial charge in [0.15, 0.2) is 0 Å². The van der Waals surface area contributed by atoms with Gasteiger partial charge in [-0.2, -0.15) is 0 Å². The first kappa shape index (κ1) is 14.0. The van der Waals surface area contributed by atoms with Crippen LogP contribution in [0.1, 0.15) is 26.7 Å². The van der Waals surface area contributed by atoms with Crippen LogP contribution in [0.25, 0.3) is 0 Å². The number of quaternary nitrogens is 1. The molecule has 2 bridgehead atoms. The van der Waals surface area contributed by atoms with E-state index in [0.717, 1.165) is 23.9 Å². The Balaban J connectivity index is 1.91. The second-order valence-corrected chi connectivity index (χ2v) is 7.87. The summed E-state index contributed by atoms with van der Waals surface area (Å²) in [7, 11) is 6.21. The summed E-state index contributed by atoms with van der Waals surface area (Å²) in [4.78, 5) is 27.2. The molecule has 112 valence electrons. The van der Waals surface area contributed by atoms with Gasteiger partial charge in [-0.1, -0.05) is 0 Å². The highest BCUT2D eigenvalue weighted by Gasteiger charge is 2.76. The SMILES string of the molecule is CC12C(=O)N(CC[N+](C)(C)C)C(=O)C1(C)C1CCC2O1. The lowest BCUT2D eigenvalue weighted by Crippen LogP contribution is -2.48. The molecule has 0 aliphatic carbocycles. The predicted molar refractivity (Wildman–Crippen MR) is 73.7 cm³/mol. The lowest BCUT2D eigenvalue weighted by molar-refractivity contribution is -0.869. The van der Waals surface area contributed by atoms with E-state index in [2.05, 4.69) is 21.1 Å². The first-order valence-electron chi connectivity index (χ1n) is 7.44. The van der Waals surface area contributed by atoms with Crippen LogP contribution in [-0.4, -0.2) is 67.6 Å². The van der Waals surface area contributed by atoms with E-state index >= 15 is 0 Å². The third-order valence-electron chi connectivity index (χ3n) is 5.76. The van der Waals surface area contributed by atoms with E-state index in [1.165, 1.54) is 4.90 Å². The molecule has 0 N–H and O–H groups in total. The highest BCUT2D eigenvalue weighted by Crippen LogP contribution is 2.64. The summed E-state index contributed by atoms with van der Waals surface area (Å²) < 4.78 is 6.65. The molecular formula is C15H25N2O3+. The normalized spacial score (nSPS) is 43.5. The first-order valence-corrected chi connectivity index (χ1v) is 7.44. The number of ether oxygens (including phenoxy) is 1. The summed E-state index contributed by atoms with van der Waals surface area (Å²) in [5, 5.41) is 0. The van der Waals surface area contributed by atoms with Gasteiger partial charge in [0.25, 0.3) is 0 Å². The molecule has 4 atom stereocenters. The molecule has 0 aromatic carbocycles. The molecule has 0 spiro atoms. The van der Waals surface area contributed by atoms with Gasteiger partial charge in [-0.15, -0.1) is 0 Å². The Morgan fingerprint density at radius 1 is 1.10 bits per heavy atom. The van der Waals surface area contributed by atoms with Crippen molar-refractivity contribution < 1.29 is 18.8 Å². The average Bonchev–Trinajstić information content (AvgIpc) is 2.94. The summed E-state index contributed by atoms with van der Waals surface area (Å²) in [6, 6.07) is 0. The molecule has 3 fully saturated rings. The second kappa shape index (κ2) is 3.83. The summed E-state index contributed by atoms with van der Waals surface area (Å²) in [6.07, 6.45) is 1.64. The second-order valence-electron chi connectivity index (χ2n) is 7.87. The molecule has 0 aromatic heterocycles. The van der Waals surface area contributed by atoms with Gasteiger partial charge in [0.2, 0.25) is 11.8 Å². The zero-order chi connectivity index (χ0) is 14.9. The zero-order valence-electron chi connectivity index (χ0n) is 13.1. The Bertz CT molecular complexity index is 450. The number of imide groups is 1. The highest BCUT2D eigenvalue weighted by atomic mass is 16.5. The fourth-order valence-electron chi connectivity index (χ4n) is 4.13. The number of nitrogens with zero attached hydrogens (tertiary/aromatic N) is 2. The van der Waals surface area contributed by atoms with Gasteiger partial charge in [-0.05, 0) is 26.7 Å². The maximum absolute atomic E-state index is 12.8. The van der Waals surface area contributed by atoms with Crippen molar-refractivity contribution in [3.8, 4) is 0 Å². The average molecular weight is 281 g/mol. The molecule has 4 unspecified atom stereocenters. The molecule has 0 aromatic rings. The maximum atomic E-state index is 12.8. The van der Waals surface area contributed by atoms with E-state index in [1.807, 2.05) is 13.8 Å². The highest BCUT2D eigenvalue weighted by molar-refractivity contribution is 6.10. The minimum Gasteiger partial charge on any atom is -0.373 e. The van der Waals surface area contributed by atoms with Crippen molar-refractivity contribution in [2.24, 2.45) is 10.8 Å². The van der Waals surface area contributed by atoms with E-state index in [4.69, 9.17) is 4.74 Å². The Kier molecular flexibility index (Phi) is 2.68. The Labute approximate surface area is 120 Å². The number of carbonyl (C=O) groups is 2. The van der Waals surface area contributed by atoms with E-state index in [-0.39, 0.29) is 24.0 Å². The number of likely N-dealkylation sites (N-methyl/N-ethyl adjacent to an activating group) is 1. The van der Waals surface area contributed by atoms with Crippen molar-refractivity contribution >= 4 is 11.8 Å². The van der Waals surface area contributed by atoms with Gasteiger partial charge in [-0.3, -0.25) is 14.5 Å². The number of hydrogen-bond donors (Lipinski definition) is 0. The van der Waals surface area contributed by atoms with Gasteiger partial charge >= 0.3 is 0 Å². The van der Waals surface area contributed by atoms with Crippen molar-refractivity contribution in [1.82, 2.24) is 4.90 Å². The van der Waals surface area contributed by atoms with Crippen LogP contribution in [0.5, 0.6) is 0 Å². The molecule has 3 rings (SSSR count). The van der Waals surface area contributed by atoms with Gasteiger partial charge in [-0.25, -0.2) is 0 Å². The molecule has 0 radical (unpaired) electrons. The van der Waals surface area contributed by atoms with Crippen molar-refractivity contribution in [3.63, 3.8) is 0 Å². The topological polar surface area (TPSA) is 46.6 Å². The molecule has 0 saturated carbocycles. The van der Waals surface area contributed by atoms with Crippen molar-refractivity contribution in [2.75, 3.05) is 34.2 Å². The van der Waals surface area contributed by atoms with Crippen LogP contribution in [0, 0.1) is 10.8 Å². The molecule has 3 aliphatic heterocycles. The van der Waals surface area contributed by atoms with Gasteiger partial charge in [0.1, 0.15) is 0 Å². The predicted octanol–water partition coefficient (Wildman–Crippen LogP) is 0.635. The quantitative estimate of drug-likeness (QED) is 0.563. The summed E-state index contributed by atoms with van der Waals surface area (Å²) in [6.45, 7) is 5.15. The standard InChI is InChI=1S/C15H25N2O3/c1-14-10-6-7-11(20-10)15(14,2)13(19)16(12(14)18)8-9-17(3,4)5/h10-11H,6-9H2,1-5H3/q+1. The largest absolute Gasteiger partial charge is 0.373 e. The third-order valence-corrected chi connectivity index (χ3v) is 5.76. The fourth-order valence-corrected chi connectivity index (χ4v) is 4.13. The fraction of sp³-hybridized carbons (Fsp3) is 0.867. The molecule has 5 heteroatoms. The maximum Gasteiger partial charge on any atom is 0.239 e. The summed E-state index contributed by atoms with van der Waals surface area (Å²) in [5.74, 6) is -0.0451. The Morgan fingerprint density at radius 2 is 1.55 bits per heavy atom. The van der Waals surface area contributed by atoms with Gasteiger partial charge < -0.3 is 9.22 Å². The van der Waals surface area contributed by atoms with Gasteiger partial charge in [0, 0.05) is 0 Å². The van der Waals surface area contributed by atoms with E-state index in [1.54, 1.807) is 0 Å². The number of carbonyl (C=O) groups excluding carboxylic acids is 2. The molecule has 5 nitrogen and oxygen atoms in total. The number of hydrogen-bond acceptors (Lipinski definition) is 3. The smallest absolute Gasteiger partial charge is 0.239 e. The van der Waals surface area contributed by atoms with E-state index < -0.39 is 10.8 Å². The third kappa shape index (κ3) is 1.45. The van der Waals surface area contributed by atoms with E-state index in [0.29, 0.717) is 6.54 Å². The number of fused-ring (bicyclic) bond motifs is 5. The monoisotopic (exact) mass is 281 g/mol. The van der Waals surface area contributed by atoms with E-state index in [9.17, 15) is 9.59 Å². The van der Waals surface area contributed by atoms with Crippen LogP contribution in [0.2, 0.25) is 0 Å². The van der Waals surface area contributed by atoms with Crippen molar-refractivity contribution in [3.05, 3.63) is 0 Å². The van der Waals surface area contributed by atoms with Crippen LogP contribution in [0.4, 0.5) is 0 Å².